The van der Waals surface area contributed by atoms with Gasteiger partial charge in [-0.3, -0.25) is 14.9 Å². The van der Waals surface area contributed by atoms with Gasteiger partial charge in [-0.15, -0.1) is 0 Å². The molecule has 1 N–H and O–H groups in total. The lowest BCUT2D eigenvalue weighted by Gasteiger charge is -2.27. The van der Waals surface area contributed by atoms with Crippen LogP contribution in [0.1, 0.15) is 28.1 Å². The Balaban J connectivity index is 1.42. The van der Waals surface area contributed by atoms with Crippen LogP contribution in [0.2, 0.25) is 5.02 Å². The molecule has 0 saturated carbocycles. The van der Waals surface area contributed by atoms with E-state index in [1.807, 2.05) is 36.6 Å². The fraction of sp³-hybridized carbons (Fsp3) is 0.129. The molecule has 0 atom stereocenters. The third kappa shape index (κ3) is 5.01. The molecule has 2 heterocycles. The summed E-state index contributed by atoms with van der Waals surface area (Å²) in [4.78, 5) is 39.7. The number of rotatable bonds is 6. The maximum absolute atomic E-state index is 13.9. The maximum atomic E-state index is 13.9. The molecule has 1 aromatic heterocycles. The third-order valence-corrected chi connectivity index (χ3v) is 7.21. The first-order chi connectivity index (χ1) is 19.2. The number of barbiturate groups is 1. The van der Waals surface area contributed by atoms with E-state index in [0.717, 1.165) is 22.0 Å². The molecular weight excluding hydrogens is 533 g/mol. The Bertz CT molecular complexity index is 1690. The largest absolute Gasteiger partial charge is 0.489 e. The highest BCUT2D eigenvalue weighted by Crippen LogP contribution is 2.31. The molecule has 1 saturated heterocycles. The van der Waals surface area contributed by atoms with Crippen LogP contribution in [-0.4, -0.2) is 22.4 Å². The van der Waals surface area contributed by atoms with Gasteiger partial charge in [0.15, 0.2) is 0 Å². The molecule has 1 aliphatic heterocycles. The minimum absolute atomic E-state index is 0.107. The number of carbonyl (C=O) groups excluding carboxylic acids is 3. The summed E-state index contributed by atoms with van der Waals surface area (Å²) in [6.45, 7) is 5.58. The summed E-state index contributed by atoms with van der Waals surface area (Å²) in [7, 11) is 0. The van der Waals surface area contributed by atoms with Gasteiger partial charge in [0.25, 0.3) is 11.8 Å². The summed E-state index contributed by atoms with van der Waals surface area (Å²) in [6, 6.07) is 19.7. The lowest BCUT2D eigenvalue weighted by Crippen LogP contribution is -2.54. The third-order valence-electron chi connectivity index (χ3n) is 6.80. The normalized spacial score (nSPS) is 14.6. The van der Waals surface area contributed by atoms with Crippen molar-refractivity contribution in [3.8, 4) is 11.4 Å². The van der Waals surface area contributed by atoms with E-state index in [4.69, 9.17) is 16.3 Å². The number of hydrogen-bond donors (Lipinski definition) is 1. The second kappa shape index (κ2) is 10.8. The summed E-state index contributed by atoms with van der Waals surface area (Å²) >= 11 is 6.21. The standard InChI is InChI=1S/C31H25ClFN3O4/c1-18-15-22(16-25-29(37)34-31(39)36(30(25)38)28-10-6-8-26(32)19(28)2)20(3)35(18)23-11-13-24(14-12-23)40-17-21-7-4-5-9-27(21)33/h4-16H,17H2,1-3H3,(H,34,37,39)/b25-16+. The van der Waals surface area contributed by atoms with E-state index >= 15 is 0 Å². The molecule has 202 valence electrons. The predicted molar refractivity (Wildman–Crippen MR) is 151 cm³/mol. The van der Waals surface area contributed by atoms with Gasteiger partial charge in [0, 0.05) is 27.7 Å². The van der Waals surface area contributed by atoms with Crippen molar-refractivity contribution < 1.29 is 23.5 Å². The molecule has 4 aromatic rings. The van der Waals surface area contributed by atoms with E-state index in [9.17, 15) is 18.8 Å². The summed E-state index contributed by atoms with van der Waals surface area (Å²) in [5.41, 5.74) is 4.28. The van der Waals surface area contributed by atoms with Crippen LogP contribution in [0.25, 0.3) is 11.8 Å². The van der Waals surface area contributed by atoms with Crippen molar-refractivity contribution in [2.45, 2.75) is 27.4 Å². The van der Waals surface area contributed by atoms with Crippen LogP contribution in [0.3, 0.4) is 0 Å². The number of halogens is 2. The highest BCUT2D eigenvalue weighted by atomic mass is 35.5. The molecule has 9 heteroatoms. The number of anilines is 1. The van der Waals surface area contributed by atoms with Crippen molar-refractivity contribution in [3.05, 3.63) is 117 Å². The van der Waals surface area contributed by atoms with E-state index < -0.39 is 17.8 Å². The molecule has 0 spiro atoms. The molecule has 0 unspecified atom stereocenters. The highest BCUT2D eigenvalue weighted by Gasteiger charge is 2.37. The smallest absolute Gasteiger partial charge is 0.335 e. The number of ether oxygens (including phenoxy) is 1. The average Bonchev–Trinajstić information content (AvgIpc) is 3.21. The number of hydrogen-bond acceptors (Lipinski definition) is 4. The molecule has 5 rings (SSSR count). The van der Waals surface area contributed by atoms with E-state index in [0.29, 0.717) is 33.1 Å². The van der Waals surface area contributed by atoms with Crippen LogP contribution in [0, 0.1) is 26.6 Å². The number of amides is 4. The van der Waals surface area contributed by atoms with Crippen LogP contribution in [0.4, 0.5) is 14.9 Å². The molecule has 4 amide bonds. The van der Waals surface area contributed by atoms with Crippen molar-refractivity contribution in [3.63, 3.8) is 0 Å². The first-order valence-corrected chi connectivity index (χ1v) is 12.9. The number of urea groups is 1. The van der Waals surface area contributed by atoms with E-state index in [1.165, 1.54) is 12.1 Å². The Morgan fingerprint density at radius 3 is 2.40 bits per heavy atom. The van der Waals surface area contributed by atoms with Gasteiger partial charge < -0.3 is 9.30 Å². The zero-order chi connectivity index (χ0) is 28.6. The maximum Gasteiger partial charge on any atom is 0.335 e. The van der Waals surface area contributed by atoms with Gasteiger partial charge in [0.2, 0.25) is 0 Å². The van der Waals surface area contributed by atoms with Crippen LogP contribution in [0.15, 0.2) is 78.4 Å². The summed E-state index contributed by atoms with van der Waals surface area (Å²) in [5.74, 6) is -1.24. The highest BCUT2D eigenvalue weighted by molar-refractivity contribution is 6.40. The van der Waals surface area contributed by atoms with Crippen LogP contribution < -0.4 is 15.0 Å². The topological polar surface area (TPSA) is 80.6 Å². The second-order valence-electron chi connectivity index (χ2n) is 9.38. The van der Waals surface area contributed by atoms with E-state index in [-0.39, 0.29) is 18.0 Å². The second-order valence-corrected chi connectivity index (χ2v) is 9.78. The first kappa shape index (κ1) is 26.9. The molecule has 7 nitrogen and oxygen atoms in total. The molecule has 40 heavy (non-hydrogen) atoms. The minimum atomic E-state index is -0.833. The van der Waals surface area contributed by atoms with Gasteiger partial charge >= 0.3 is 6.03 Å². The summed E-state index contributed by atoms with van der Waals surface area (Å²) in [6.07, 6.45) is 1.49. The Morgan fingerprint density at radius 2 is 1.68 bits per heavy atom. The van der Waals surface area contributed by atoms with Gasteiger partial charge in [-0.05, 0) is 86.5 Å². The van der Waals surface area contributed by atoms with Gasteiger partial charge in [0.1, 0.15) is 23.7 Å². The molecule has 1 aliphatic rings. The zero-order valence-corrected chi connectivity index (χ0v) is 22.8. The number of nitrogens with one attached hydrogen (secondary N) is 1. The number of nitrogens with zero attached hydrogens (tertiary/aromatic N) is 2. The molecule has 0 radical (unpaired) electrons. The number of aromatic nitrogens is 1. The lowest BCUT2D eigenvalue weighted by molar-refractivity contribution is -0.122. The lowest BCUT2D eigenvalue weighted by atomic mass is 10.1. The zero-order valence-electron chi connectivity index (χ0n) is 22.0. The minimum Gasteiger partial charge on any atom is -0.489 e. The van der Waals surface area contributed by atoms with Crippen LogP contribution in [0.5, 0.6) is 5.75 Å². The van der Waals surface area contributed by atoms with Crippen LogP contribution in [-0.2, 0) is 16.2 Å². The van der Waals surface area contributed by atoms with Crippen molar-refractivity contribution in [1.82, 2.24) is 9.88 Å². The van der Waals surface area contributed by atoms with E-state index in [1.54, 1.807) is 55.5 Å². The van der Waals surface area contributed by atoms with E-state index in [2.05, 4.69) is 5.32 Å². The number of benzene rings is 3. The quantitative estimate of drug-likeness (QED) is 0.218. The van der Waals surface area contributed by atoms with Crippen molar-refractivity contribution in [2.75, 3.05) is 4.90 Å². The number of imide groups is 2. The number of carbonyl (C=O) groups is 3. The monoisotopic (exact) mass is 557 g/mol. The molecule has 3 aromatic carbocycles. The average molecular weight is 558 g/mol. The first-order valence-electron chi connectivity index (χ1n) is 12.5. The predicted octanol–water partition coefficient (Wildman–Crippen LogP) is 6.44. The van der Waals surface area contributed by atoms with Crippen LogP contribution >= 0.6 is 11.6 Å². The number of aryl methyl sites for hydroxylation is 1. The van der Waals surface area contributed by atoms with Crippen molar-refractivity contribution in [2.24, 2.45) is 0 Å². The van der Waals surface area contributed by atoms with Crippen molar-refractivity contribution in [1.29, 1.82) is 0 Å². The Kier molecular flexibility index (Phi) is 7.28. The molecule has 0 bridgehead atoms. The Hall–Kier alpha value is -4.69. The van der Waals surface area contributed by atoms with Gasteiger partial charge in [-0.25, -0.2) is 14.1 Å². The van der Waals surface area contributed by atoms with Gasteiger partial charge in [-0.1, -0.05) is 35.9 Å². The summed E-state index contributed by atoms with van der Waals surface area (Å²) in [5, 5.41) is 2.65. The fourth-order valence-electron chi connectivity index (χ4n) is 4.67. The molecular formula is C31H25ClFN3O4. The Morgan fingerprint density at radius 1 is 0.950 bits per heavy atom. The van der Waals surface area contributed by atoms with Gasteiger partial charge in [0.05, 0.1) is 5.69 Å². The summed E-state index contributed by atoms with van der Waals surface area (Å²) < 4.78 is 21.6. The Labute approximate surface area is 235 Å². The molecule has 0 aliphatic carbocycles. The van der Waals surface area contributed by atoms with Crippen molar-refractivity contribution >= 4 is 41.2 Å². The fourth-order valence-corrected chi connectivity index (χ4v) is 4.84. The molecule has 1 fully saturated rings. The van der Waals surface area contributed by atoms with Gasteiger partial charge in [-0.2, -0.15) is 0 Å². The SMILES string of the molecule is Cc1c(Cl)cccc1N1C(=O)NC(=O)/C(=C\c2cc(C)n(-c3ccc(OCc4ccccc4F)cc3)c2C)C1=O.